The quantitative estimate of drug-likeness (QED) is 0.851. The van der Waals surface area contributed by atoms with E-state index in [2.05, 4.69) is 36.5 Å². The van der Waals surface area contributed by atoms with Crippen molar-refractivity contribution < 1.29 is 4.79 Å². The molecule has 0 aliphatic carbocycles. The lowest BCUT2D eigenvalue weighted by molar-refractivity contribution is -0.119. The van der Waals surface area contributed by atoms with Gasteiger partial charge in [0.25, 0.3) is 0 Å². The Hall–Kier alpha value is -1.66. The zero-order chi connectivity index (χ0) is 13.7. The number of hydrogen-bond donors (Lipinski definition) is 1. The predicted octanol–water partition coefficient (Wildman–Crippen LogP) is 2.60. The second-order valence-electron chi connectivity index (χ2n) is 4.42. The van der Waals surface area contributed by atoms with Crippen LogP contribution in [0.25, 0.3) is 0 Å². The standard InChI is InChI=1S/C16H18NOP/c1-13(18)17-14(2)19(15-9-5-3-6-10-15)16-11-7-4-8-12-16/h3-12,14H,1-2H3,(H,17,18). The summed E-state index contributed by atoms with van der Waals surface area (Å²) in [6, 6.07) is 20.8. The number of benzene rings is 2. The van der Waals surface area contributed by atoms with Crippen LogP contribution in [0.1, 0.15) is 13.8 Å². The fourth-order valence-electron chi connectivity index (χ4n) is 2.13. The third kappa shape index (κ3) is 3.65. The molecule has 1 atom stereocenters. The topological polar surface area (TPSA) is 29.1 Å². The van der Waals surface area contributed by atoms with Gasteiger partial charge < -0.3 is 5.32 Å². The van der Waals surface area contributed by atoms with Crippen LogP contribution in [0.2, 0.25) is 0 Å². The number of carbonyl (C=O) groups is 1. The molecule has 0 fully saturated rings. The molecule has 0 saturated heterocycles. The summed E-state index contributed by atoms with van der Waals surface area (Å²) < 4.78 is 0. The smallest absolute Gasteiger partial charge is 0.217 e. The maximum absolute atomic E-state index is 11.3. The molecule has 3 heteroatoms. The van der Waals surface area contributed by atoms with E-state index in [1.54, 1.807) is 6.92 Å². The third-order valence-corrected chi connectivity index (χ3v) is 5.48. The molecule has 2 aromatic rings. The van der Waals surface area contributed by atoms with E-state index < -0.39 is 7.92 Å². The Kier molecular flexibility index (Phi) is 4.70. The van der Waals surface area contributed by atoms with Crippen LogP contribution in [0.15, 0.2) is 60.7 Å². The highest BCUT2D eigenvalue weighted by Gasteiger charge is 2.21. The van der Waals surface area contributed by atoms with E-state index in [0.717, 1.165) is 0 Å². The normalized spacial score (nSPS) is 12.2. The van der Waals surface area contributed by atoms with Crippen molar-refractivity contribution in [1.82, 2.24) is 5.32 Å². The molecule has 19 heavy (non-hydrogen) atoms. The van der Waals surface area contributed by atoms with Crippen LogP contribution >= 0.6 is 7.92 Å². The Balaban J connectivity index is 2.37. The summed E-state index contributed by atoms with van der Waals surface area (Å²) in [5.41, 5.74) is 0. The number of hydrogen-bond acceptors (Lipinski definition) is 1. The van der Waals surface area contributed by atoms with Gasteiger partial charge in [-0.3, -0.25) is 4.79 Å². The molecule has 1 amide bonds. The van der Waals surface area contributed by atoms with Crippen LogP contribution in [0.3, 0.4) is 0 Å². The molecule has 1 N–H and O–H groups in total. The molecule has 1 unspecified atom stereocenters. The molecule has 0 aromatic heterocycles. The minimum atomic E-state index is -0.577. The zero-order valence-electron chi connectivity index (χ0n) is 11.2. The summed E-state index contributed by atoms with van der Waals surface area (Å²) in [5, 5.41) is 5.59. The van der Waals surface area contributed by atoms with Crippen molar-refractivity contribution in [3.8, 4) is 0 Å². The van der Waals surface area contributed by atoms with E-state index in [9.17, 15) is 4.79 Å². The predicted molar refractivity (Wildman–Crippen MR) is 82.4 cm³/mol. The van der Waals surface area contributed by atoms with Gasteiger partial charge >= 0.3 is 0 Å². The van der Waals surface area contributed by atoms with Crippen molar-refractivity contribution >= 4 is 24.4 Å². The summed E-state index contributed by atoms with van der Waals surface area (Å²) in [7, 11) is -0.577. The Morgan fingerprint density at radius 2 is 1.37 bits per heavy atom. The van der Waals surface area contributed by atoms with Gasteiger partial charge in [-0.1, -0.05) is 60.7 Å². The second kappa shape index (κ2) is 6.49. The summed E-state index contributed by atoms with van der Waals surface area (Å²) in [4.78, 5) is 11.3. The van der Waals surface area contributed by atoms with Gasteiger partial charge in [0.15, 0.2) is 0 Å². The number of nitrogens with one attached hydrogen (secondary N) is 1. The van der Waals surface area contributed by atoms with E-state index in [0.29, 0.717) is 0 Å². The fourth-order valence-corrected chi connectivity index (χ4v) is 4.62. The second-order valence-corrected chi connectivity index (χ2v) is 6.96. The first kappa shape index (κ1) is 13.8. The molecular formula is C16H18NOP. The zero-order valence-corrected chi connectivity index (χ0v) is 12.1. The lowest BCUT2D eigenvalue weighted by Gasteiger charge is -2.26. The van der Waals surface area contributed by atoms with Gasteiger partial charge in [-0.25, -0.2) is 0 Å². The summed E-state index contributed by atoms with van der Waals surface area (Å²) >= 11 is 0. The van der Waals surface area contributed by atoms with E-state index in [1.165, 1.54) is 10.6 Å². The molecule has 0 bridgehead atoms. The lowest BCUT2D eigenvalue weighted by Crippen LogP contribution is -2.34. The SMILES string of the molecule is CC(=O)NC(C)P(c1ccccc1)c1ccccc1. The average Bonchev–Trinajstić information content (AvgIpc) is 2.40. The fraction of sp³-hybridized carbons (Fsp3) is 0.188. The van der Waals surface area contributed by atoms with Gasteiger partial charge in [-0.15, -0.1) is 0 Å². The molecule has 2 rings (SSSR count). The first-order valence-corrected chi connectivity index (χ1v) is 7.76. The maximum Gasteiger partial charge on any atom is 0.217 e. The Labute approximate surface area is 115 Å². The molecular weight excluding hydrogens is 253 g/mol. The summed E-state index contributed by atoms with van der Waals surface area (Å²) in [5.74, 6) is 0.143. The largest absolute Gasteiger partial charge is 0.349 e. The monoisotopic (exact) mass is 271 g/mol. The number of rotatable bonds is 4. The Morgan fingerprint density at radius 3 is 1.74 bits per heavy atom. The highest BCUT2D eigenvalue weighted by Crippen LogP contribution is 2.37. The van der Waals surface area contributed by atoms with Crippen LogP contribution in [0, 0.1) is 0 Å². The molecule has 0 spiro atoms. The lowest BCUT2D eigenvalue weighted by atomic mass is 10.4. The third-order valence-electron chi connectivity index (χ3n) is 2.87. The molecule has 0 radical (unpaired) electrons. The number of amides is 1. The van der Waals surface area contributed by atoms with E-state index in [4.69, 9.17) is 0 Å². The van der Waals surface area contributed by atoms with Gasteiger partial charge in [0.2, 0.25) is 5.91 Å². The van der Waals surface area contributed by atoms with Crippen LogP contribution in [-0.4, -0.2) is 11.7 Å². The molecule has 2 aromatic carbocycles. The van der Waals surface area contributed by atoms with E-state index in [1.807, 2.05) is 36.4 Å². The maximum atomic E-state index is 11.3. The number of carbonyl (C=O) groups excluding carboxylic acids is 1. The van der Waals surface area contributed by atoms with Crippen molar-refractivity contribution in [2.75, 3.05) is 0 Å². The summed E-state index contributed by atoms with van der Waals surface area (Å²) in [6.07, 6.45) is 0. The van der Waals surface area contributed by atoms with Crippen LogP contribution in [0.5, 0.6) is 0 Å². The van der Waals surface area contributed by atoms with Crippen molar-refractivity contribution in [1.29, 1.82) is 0 Å². The van der Waals surface area contributed by atoms with Crippen LogP contribution < -0.4 is 15.9 Å². The van der Waals surface area contributed by atoms with Gasteiger partial charge in [0, 0.05) is 6.92 Å². The molecule has 2 nitrogen and oxygen atoms in total. The Bertz CT molecular complexity index is 487. The van der Waals surface area contributed by atoms with E-state index in [-0.39, 0.29) is 11.7 Å². The molecule has 0 saturated carbocycles. The van der Waals surface area contributed by atoms with Crippen molar-refractivity contribution in [3.63, 3.8) is 0 Å². The molecule has 0 aliphatic heterocycles. The van der Waals surface area contributed by atoms with E-state index >= 15 is 0 Å². The van der Waals surface area contributed by atoms with Gasteiger partial charge in [0.1, 0.15) is 0 Å². The van der Waals surface area contributed by atoms with Gasteiger partial charge in [0.05, 0.1) is 5.78 Å². The van der Waals surface area contributed by atoms with Crippen LogP contribution in [-0.2, 0) is 4.79 Å². The van der Waals surface area contributed by atoms with Gasteiger partial charge in [-0.05, 0) is 25.5 Å². The average molecular weight is 271 g/mol. The Morgan fingerprint density at radius 1 is 0.947 bits per heavy atom. The first-order valence-electron chi connectivity index (χ1n) is 6.35. The van der Waals surface area contributed by atoms with Crippen LogP contribution in [0.4, 0.5) is 0 Å². The highest BCUT2D eigenvalue weighted by atomic mass is 31.1. The van der Waals surface area contributed by atoms with Crippen molar-refractivity contribution in [3.05, 3.63) is 60.7 Å². The molecule has 0 aliphatic rings. The van der Waals surface area contributed by atoms with Gasteiger partial charge in [-0.2, -0.15) is 0 Å². The minimum absolute atomic E-state index is 0.0202. The molecule has 98 valence electrons. The first-order chi connectivity index (χ1) is 9.18. The molecule has 0 heterocycles. The summed E-state index contributed by atoms with van der Waals surface area (Å²) in [6.45, 7) is 3.65. The highest BCUT2D eigenvalue weighted by molar-refractivity contribution is 7.73. The minimum Gasteiger partial charge on any atom is -0.349 e. The van der Waals surface area contributed by atoms with Crippen molar-refractivity contribution in [2.45, 2.75) is 19.6 Å². The van der Waals surface area contributed by atoms with Crippen molar-refractivity contribution in [2.24, 2.45) is 0 Å².